The number of halogens is 1. The van der Waals surface area contributed by atoms with E-state index in [2.05, 4.69) is 0 Å². The average Bonchev–Trinajstić information content (AvgIpc) is 2.72. The summed E-state index contributed by atoms with van der Waals surface area (Å²) in [6.07, 6.45) is 2.89. The first-order chi connectivity index (χ1) is 14.0. The van der Waals surface area contributed by atoms with Crippen LogP contribution in [-0.2, 0) is 9.53 Å². The number of nitrogens with zero attached hydrogens (tertiary/aromatic N) is 1. The molecule has 1 aliphatic rings. The summed E-state index contributed by atoms with van der Waals surface area (Å²) in [5.74, 6) is -1.16. The molecule has 3 rings (SSSR count). The SMILES string of the molecule is O=C(O)CCOc1cccc(/C=C/C(=O)c2ccc(N3CCOCC3)c(F)c2)c1. The Morgan fingerprint density at radius 1 is 1.17 bits per heavy atom. The molecule has 1 aliphatic heterocycles. The van der Waals surface area contributed by atoms with Gasteiger partial charge in [-0.05, 0) is 42.0 Å². The Kier molecular flexibility index (Phi) is 6.97. The van der Waals surface area contributed by atoms with Gasteiger partial charge in [0.05, 0.1) is 31.9 Å². The van der Waals surface area contributed by atoms with Crippen molar-refractivity contribution in [1.82, 2.24) is 0 Å². The zero-order valence-corrected chi connectivity index (χ0v) is 15.8. The van der Waals surface area contributed by atoms with E-state index in [1.807, 2.05) is 4.90 Å². The van der Waals surface area contributed by atoms with Crippen molar-refractivity contribution >= 4 is 23.5 Å². The van der Waals surface area contributed by atoms with E-state index in [1.165, 1.54) is 12.1 Å². The molecule has 0 radical (unpaired) electrons. The summed E-state index contributed by atoms with van der Waals surface area (Å²) in [5.41, 5.74) is 1.46. The fourth-order valence-electron chi connectivity index (χ4n) is 2.95. The van der Waals surface area contributed by atoms with Crippen molar-refractivity contribution in [3.8, 4) is 5.75 Å². The first kappa shape index (κ1) is 20.5. The number of hydrogen-bond donors (Lipinski definition) is 1. The van der Waals surface area contributed by atoms with Crippen molar-refractivity contribution < 1.29 is 28.6 Å². The molecule has 0 spiro atoms. The molecule has 0 saturated carbocycles. The van der Waals surface area contributed by atoms with Crippen LogP contribution in [0.1, 0.15) is 22.3 Å². The lowest BCUT2D eigenvalue weighted by atomic mass is 10.1. The van der Waals surface area contributed by atoms with Gasteiger partial charge in [0, 0.05) is 18.7 Å². The maximum atomic E-state index is 14.5. The van der Waals surface area contributed by atoms with Crippen LogP contribution in [0, 0.1) is 5.82 Å². The highest BCUT2D eigenvalue weighted by Crippen LogP contribution is 2.22. The highest BCUT2D eigenvalue weighted by molar-refractivity contribution is 6.07. The van der Waals surface area contributed by atoms with Crippen LogP contribution in [0.5, 0.6) is 5.75 Å². The topological polar surface area (TPSA) is 76.1 Å². The van der Waals surface area contributed by atoms with E-state index in [0.717, 1.165) is 5.56 Å². The summed E-state index contributed by atoms with van der Waals surface area (Å²) >= 11 is 0. The molecule has 29 heavy (non-hydrogen) atoms. The second kappa shape index (κ2) is 9.84. The van der Waals surface area contributed by atoms with Gasteiger partial charge in [0.2, 0.25) is 0 Å². The number of carboxylic acids is 1. The van der Waals surface area contributed by atoms with Crippen molar-refractivity contribution in [2.24, 2.45) is 0 Å². The Labute approximate surface area is 168 Å². The van der Waals surface area contributed by atoms with E-state index in [9.17, 15) is 14.0 Å². The van der Waals surface area contributed by atoms with Gasteiger partial charge in [-0.2, -0.15) is 0 Å². The molecular weight excluding hydrogens is 377 g/mol. The molecular formula is C22H22FNO5. The Morgan fingerprint density at radius 2 is 1.97 bits per heavy atom. The van der Waals surface area contributed by atoms with Crippen LogP contribution in [0.4, 0.5) is 10.1 Å². The molecule has 0 aromatic heterocycles. The minimum atomic E-state index is -0.932. The van der Waals surface area contributed by atoms with E-state index < -0.39 is 11.8 Å². The number of allylic oxidation sites excluding steroid dienone is 1. The molecule has 152 valence electrons. The molecule has 1 saturated heterocycles. The lowest BCUT2D eigenvalue weighted by Gasteiger charge is -2.29. The number of carbonyl (C=O) groups excluding carboxylic acids is 1. The predicted molar refractivity (Wildman–Crippen MR) is 107 cm³/mol. The normalized spacial score (nSPS) is 14.2. The van der Waals surface area contributed by atoms with Gasteiger partial charge in [0.15, 0.2) is 5.78 Å². The maximum absolute atomic E-state index is 14.5. The summed E-state index contributed by atoms with van der Waals surface area (Å²) < 4.78 is 25.1. The number of hydrogen-bond acceptors (Lipinski definition) is 5. The number of ketones is 1. The Hall–Kier alpha value is -3.19. The number of carbonyl (C=O) groups is 2. The third kappa shape index (κ3) is 5.89. The molecule has 2 aromatic carbocycles. The molecule has 7 heteroatoms. The van der Waals surface area contributed by atoms with E-state index in [0.29, 0.717) is 37.7 Å². The number of ether oxygens (including phenoxy) is 2. The number of anilines is 1. The van der Waals surface area contributed by atoms with Crippen molar-refractivity contribution in [2.75, 3.05) is 37.8 Å². The molecule has 1 fully saturated rings. The van der Waals surface area contributed by atoms with Crippen molar-refractivity contribution in [3.05, 3.63) is 65.5 Å². The quantitative estimate of drug-likeness (QED) is 0.542. The van der Waals surface area contributed by atoms with Crippen LogP contribution in [0.2, 0.25) is 0 Å². The standard InChI is InChI=1S/C22H22FNO5/c23-19-15-17(5-6-20(19)24-9-12-28-13-10-24)21(25)7-4-16-2-1-3-18(14-16)29-11-8-22(26)27/h1-7,14-15H,8-13H2,(H,26,27)/b7-4+. The third-order valence-corrected chi connectivity index (χ3v) is 4.45. The Bertz CT molecular complexity index is 906. The first-order valence-corrected chi connectivity index (χ1v) is 9.32. The molecule has 6 nitrogen and oxygen atoms in total. The lowest BCUT2D eigenvalue weighted by Crippen LogP contribution is -2.36. The fourth-order valence-corrected chi connectivity index (χ4v) is 2.95. The number of aliphatic carboxylic acids is 1. The smallest absolute Gasteiger partial charge is 0.306 e. The monoisotopic (exact) mass is 399 g/mol. The zero-order chi connectivity index (χ0) is 20.6. The van der Waals surface area contributed by atoms with Gasteiger partial charge in [-0.1, -0.05) is 18.2 Å². The molecule has 0 amide bonds. The summed E-state index contributed by atoms with van der Waals surface area (Å²) in [6, 6.07) is 11.4. The summed E-state index contributed by atoms with van der Waals surface area (Å²) in [4.78, 5) is 24.8. The van der Waals surface area contributed by atoms with Crippen molar-refractivity contribution in [1.29, 1.82) is 0 Å². The minimum Gasteiger partial charge on any atom is -0.493 e. The second-order valence-corrected chi connectivity index (χ2v) is 6.53. The first-order valence-electron chi connectivity index (χ1n) is 9.32. The molecule has 0 unspecified atom stereocenters. The summed E-state index contributed by atoms with van der Waals surface area (Å²) in [6.45, 7) is 2.42. The highest BCUT2D eigenvalue weighted by atomic mass is 19.1. The van der Waals surface area contributed by atoms with E-state index in [4.69, 9.17) is 14.6 Å². The summed E-state index contributed by atoms with van der Waals surface area (Å²) in [7, 11) is 0. The van der Waals surface area contributed by atoms with Crippen LogP contribution >= 0.6 is 0 Å². The minimum absolute atomic E-state index is 0.0657. The molecule has 1 N–H and O–H groups in total. The lowest BCUT2D eigenvalue weighted by molar-refractivity contribution is -0.137. The van der Waals surface area contributed by atoms with Gasteiger partial charge < -0.3 is 19.5 Å². The van der Waals surface area contributed by atoms with Crippen LogP contribution in [0.3, 0.4) is 0 Å². The van der Waals surface area contributed by atoms with Gasteiger partial charge in [0.25, 0.3) is 0 Å². The highest BCUT2D eigenvalue weighted by Gasteiger charge is 2.16. The predicted octanol–water partition coefficient (Wildman–Crippen LogP) is 3.41. The second-order valence-electron chi connectivity index (χ2n) is 6.53. The van der Waals surface area contributed by atoms with Crippen LogP contribution in [0.15, 0.2) is 48.5 Å². The molecule has 0 bridgehead atoms. The van der Waals surface area contributed by atoms with E-state index in [1.54, 1.807) is 42.5 Å². The number of rotatable bonds is 8. The average molecular weight is 399 g/mol. The van der Waals surface area contributed by atoms with Gasteiger partial charge in [-0.15, -0.1) is 0 Å². The maximum Gasteiger partial charge on any atom is 0.306 e. The summed E-state index contributed by atoms with van der Waals surface area (Å²) in [5, 5.41) is 8.65. The van der Waals surface area contributed by atoms with Gasteiger partial charge in [-0.3, -0.25) is 9.59 Å². The van der Waals surface area contributed by atoms with E-state index in [-0.39, 0.29) is 24.4 Å². The zero-order valence-electron chi connectivity index (χ0n) is 15.8. The third-order valence-electron chi connectivity index (χ3n) is 4.45. The fraction of sp³-hybridized carbons (Fsp3) is 0.273. The number of morpholine rings is 1. The largest absolute Gasteiger partial charge is 0.493 e. The molecule has 1 heterocycles. The Balaban J connectivity index is 1.64. The molecule has 0 aliphatic carbocycles. The van der Waals surface area contributed by atoms with Gasteiger partial charge in [-0.25, -0.2) is 4.39 Å². The van der Waals surface area contributed by atoms with Gasteiger partial charge in [0.1, 0.15) is 11.6 Å². The van der Waals surface area contributed by atoms with Crippen LogP contribution in [0.25, 0.3) is 6.08 Å². The van der Waals surface area contributed by atoms with Crippen molar-refractivity contribution in [3.63, 3.8) is 0 Å². The number of benzene rings is 2. The van der Waals surface area contributed by atoms with Crippen LogP contribution < -0.4 is 9.64 Å². The van der Waals surface area contributed by atoms with Gasteiger partial charge >= 0.3 is 5.97 Å². The molecule has 2 aromatic rings. The Morgan fingerprint density at radius 3 is 2.69 bits per heavy atom. The van der Waals surface area contributed by atoms with E-state index >= 15 is 0 Å². The van der Waals surface area contributed by atoms with Crippen LogP contribution in [-0.4, -0.2) is 49.8 Å². The molecule has 0 atom stereocenters. The number of carboxylic acid groups (broad SMARTS) is 1. The van der Waals surface area contributed by atoms with Crippen molar-refractivity contribution in [2.45, 2.75) is 6.42 Å².